The Bertz CT molecular complexity index is 834. The number of phenolic OH excluding ortho intramolecular Hbond substituents is 1. The number of carbonyl (C=O) groups excluding carboxylic acids is 2. The topological polar surface area (TPSA) is 72.8 Å². The maximum Gasteiger partial charge on any atom is 0.199 e. The minimum Gasteiger partial charge on any atom is -0.507 e. The maximum atomic E-state index is 12.9. The Morgan fingerprint density at radius 2 is 1.67 bits per heavy atom. The zero-order chi connectivity index (χ0) is 16.7. The van der Waals surface area contributed by atoms with Crippen molar-refractivity contribution in [2.75, 3.05) is 6.61 Å². The van der Waals surface area contributed by atoms with Gasteiger partial charge in [0.2, 0.25) is 0 Å². The molecular formula is C19H16O5. The van der Waals surface area contributed by atoms with Crippen molar-refractivity contribution in [1.82, 2.24) is 0 Å². The van der Waals surface area contributed by atoms with Gasteiger partial charge in [-0.3, -0.25) is 9.59 Å². The van der Waals surface area contributed by atoms with Crippen molar-refractivity contribution < 1.29 is 24.2 Å². The zero-order valence-electron chi connectivity index (χ0n) is 13.0. The van der Waals surface area contributed by atoms with E-state index in [2.05, 4.69) is 0 Å². The van der Waals surface area contributed by atoms with Crippen molar-refractivity contribution in [3.8, 4) is 11.5 Å². The van der Waals surface area contributed by atoms with E-state index in [1.54, 1.807) is 24.3 Å². The first-order valence-electron chi connectivity index (χ1n) is 7.99. The largest absolute Gasteiger partial charge is 0.507 e. The lowest BCUT2D eigenvalue weighted by Crippen LogP contribution is -2.27. The number of carbonyl (C=O) groups is 2. The Morgan fingerprint density at radius 3 is 2.33 bits per heavy atom. The minimum atomic E-state index is -0.438. The first kappa shape index (κ1) is 14.9. The van der Waals surface area contributed by atoms with Gasteiger partial charge in [-0.25, -0.2) is 0 Å². The van der Waals surface area contributed by atoms with E-state index in [1.165, 1.54) is 12.1 Å². The van der Waals surface area contributed by atoms with Gasteiger partial charge in [-0.1, -0.05) is 24.3 Å². The quantitative estimate of drug-likeness (QED) is 0.784. The van der Waals surface area contributed by atoms with Crippen LogP contribution in [0.2, 0.25) is 0 Å². The van der Waals surface area contributed by atoms with Crippen LogP contribution in [0.1, 0.15) is 51.1 Å². The lowest BCUT2D eigenvalue weighted by Gasteiger charge is -2.26. The summed E-state index contributed by atoms with van der Waals surface area (Å²) in [5.41, 5.74) is 0.756. The molecule has 5 heteroatoms. The summed E-state index contributed by atoms with van der Waals surface area (Å²) in [6.45, 7) is 0.612. The normalized spacial score (nSPS) is 19.6. The van der Waals surface area contributed by atoms with Crippen LogP contribution in [0.25, 0.3) is 0 Å². The number of rotatable bonds is 2. The molecule has 1 atom stereocenters. The summed E-state index contributed by atoms with van der Waals surface area (Å²) in [5, 5.41) is 10.1. The Labute approximate surface area is 138 Å². The summed E-state index contributed by atoms with van der Waals surface area (Å²) in [4.78, 5) is 25.6. The molecule has 1 heterocycles. The molecule has 24 heavy (non-hydrogen) atoms. The second kappa shape index (κ2) is 5.76. The zero-order valence-corrected chi connectivity index (χ0v) is 13.0. The van der Waals surface area contributed by atoms with Crippen molar-refractivity contribution in [2.24, 2.45) is 0 Å². The van der Waals surface area contributed by atoms with E-state index in [1.807, 2.05) is 0 Å². The van der Waals surface area contributed by atoms with Crippen LogP contribution in [0.5, 0.6) is 11.5 Å². The summed E-state index contributed by atoms with van der Waals surface area (Å²) >= 11 is 0. The van der Waals surface area contributed by atoms with Gasteiger partial charge in [-0.05, 0) is 25.0 Å². The molecule has 4 rings (SSSR count). The number of hydrogen-bond acceptors (Lipinski definition) is 5. The average Bonchev–Trinajstić information content (AvgIpc) is 2.62. The molecule has 1 unspecified atom stereocenters. The lowest BCUT2D eigenvalue weighted by atomic mass is 9.83. The molecule has 2 aromatic rings. The summed E-state index contributed by atoms with van der Waals surface area (Å²) in [7, 11) is 0. The van der Waals surface area contributed by atoms with E-state index in [-0.39, 0.29) is 34.2 Å². The number of aromatic hydroxyl groups is 1. The van der Waals surface area contributed by atoms with Gasteiger partial charge < -0.3 is 14.6 Å². The Morgan fingerprint density at radius 1 is 0.958 bits per heavy atom. The minimum absolute atomic E-state index is 0.00649. The standard InChI is InChI=1S/C19H16O5/c20-13-8-9-14(24-15-7-3-4-10-23-15)17-16(13)18(21)11-5-1-2-6-12(11)19(17)22/h1-2,5-6,8-9,15,20H,3-4,7,10H2. The predicted octanol–water partition coefficient (Wildman–Crippen LogP) is 3.07. The van der Waals surface area contributed by atoms with E-state index in [9.17, 15) is 14.7 Å². The highest BCUT2D eigenvalue weighted by Gasteiger charge is 2.35. The molecule has 1 aliphatic carbocycles. The van der Waals surface area contributed by atoms with Crippen LogP contribution in [-0.2, 0) is 4.74 Å². The van der Waals surface area contributed by atoms with E-state index in [4.69, 9.17) is 9.47 Å². The molecule has 0 bridgehead atoms. The summed E-state index contributed by atoms with van der Waals surface area (Å²) in [5.74, 6) is -0.619. The van der Waals surface area contributed by atoms with Crippen LogP contribution in [0, 0.1) is 0 Å². The van der Waals surface area contributed by atoms with E-state index in [0.717, 1.165) is 19.3 Å². The van der Waals surface area contributed by atoms with Gasteiger partial charge in [0.1, 0.15) is 11.5 Å². The molecule has 1 N–H and O–H groups in total. The molecule has 0 amide bonds. The third kappa shape index (κ3) is 2.29. The van der Waals surface area contributed by atoms with Crippen LogP contribution in [0.4, 0.5) is 0 Å². The fourth-order valence-corrected chi connectivity index (χ4v) is 3.22. The van der Waals surface area contributed by atoms with Gasteiger partial charge in [0.05, 0.1) is 17.7 Å². The monoisotopic (exact) mass is 324 g/mol. The van der Waals surface area contributed by atoms with Gasteiger partial charge in [-0.15, -0.1) is 0 Å². The van der Waals surface area contributed by atoms with Crippen LogP contribution in [0.15, 0.2) is 36.4 Å². The molecule has 122 valence electrons. The highest BCUT2D eigenvalue weighted by Crippen LogP contribution is 2.38. The molecule has 2 aliphatic rings. The van der Waals surface area contributed by atoms with Crippen molar-refractivity contribution in [3.63, 3.8) is 0 Å². The second-order valence-electron chi connectivity index (χ2n) is 5.95. The van der Waals surface area contributed by atoms with Crippen LogP contribution >= 0.6 is 0 Å². The van der Waals surface area contributed by atoms with Crippen molar-refractivity contribution in [2.45, 2.75) is 25.6 Å². The molecule has 1 fully saturated rings. The number of fused-ring (bicyclic) bond motifs is 2. The van der Waals surface area contributed by atoms with Gasteiger partial charge in [-0.2, -0.15) is 0 Å². The highest BCUT2D eigenvalue weighted by molar-refractivity contribution is 6.30. The van der Waals surface area contributed by atoms with Crippen LogP contribution < -0.4 is 4.74 Å². The fourth-order valence-electron chi connectivity index (χ4n) is 3.22. The average molecular weight is 324 g/mol. The number of ether oxygens (including phenoxy) is 2. The van der Waals surface area contributed by atoms with Gasteiger partial charge in [0.25, 0.3) is 0 Å². The predicted molar refractivity (Wildman–Crippen MR) is 85.6 cm³/mol. The van der Waals surface area contributed by atoms with Gasteiger partial charge >= 0.3 is 0 Å². The van der Waals surface area contributed by atoms with Crippen molar-refractivity contribution >= 4 is 11.6 Å². The molecule has 0 saturated carbocycles. The van der Waals surface area contributed by atoms with E-state index < -0.39 is 6.29 Å². The van der Waals surface area contributed by atoms with Crippen LogP contribution in [0.3, 0.4) is 0 Å². The Hall–Kier alpha value is -2.66. The molecular weight excluding hydrogens is 308 g/mol. The van der Waals surface area contributed by atoms with Gasteiger partial charge in [0, 0.05) is 17.5 Å². The number of phenols is 1. The smallest absolute Gasteiger partial charge is 0.199 e. The molecule has 0 radical (unpaired) electrons. The summed E-state index contributed by atoms with van der Waals surface area (Å²) in [6.07, 6.45) is 2.26. The first-order valence-corrected chi connectivity index (χ1v) is 7.99. The molecule has 0 spiro atoms. The molecule has 5 nitrogen and oxygen atoms in total. The van der Waals surface area contributed by atoms with Crippen molar-refractivity contribution in [1.29, 1.82) is 0 Å². The number of ketones is 2. The lowest BCUT2D eigenvalue weighted by molar-refractivity contribution is -0.106. The first-order chi connectivity index (χ1) is 11.7. The number of hydrogen-bond donors (Lipinski definition) is 1. The molecule has 1 saturated heterocycles. The third-order valence-electron chi connectivity index (χ3n) is 4.41. The third-order valence-corrected chi connectivity index (χ3v) is 4.41. The highest BCUT2D eigenvalue weighted by atomic mass is 16.7. The second-order valence-corrected chi connectivity index (χ2v) is 5.95. The SMILES string of the molecule is O=C1c2ccccc2C(=O)c2c(OC3CCCCO3)ccc(O)c21. The van der Waals surface area contributed by atoms with Crippen molar-refractivity contribution in [3.05, 3.63) is 58.7 Å². The van der Waals surface area contributed by atoms with E-state index in [0.29, 0.717) is 17.7 Å². The molecule has 2 aromatic carbocycles. The number of benzene rings is 2. The fraction of sp³-hybridized carbons (Fsp3) is 0.263. The Kier molecular flexibility index (Phi) is 3.58. The Balaban J connectivity index is 1.82. The van der Waals surface area contributed by atoms with E-state index >= 15 is 0 Å². The molecule has 0 aromatic heterocycles. The summed E-state index contributed by atoms with van der Waals surface area (Å²) in [6, 6.07) is 9.52. The van der Waals surface area contributed by atoms with Crippen LogP contribution in [-0.4, -0.2) is 29.6 Å². The van der Waals surface area contributed by atoms with Gasteiger partial charge in [0.15, 0.2) is 17.9 Å². The summed E-state index contributed by atoms with van der Waals surface area (Å²) < 4.78 is 11.4. The molecule has 1 aliphatic heterocycles. The maximum absolute atomic E-state index is 12.9.